The molecule has 0 amide bonds. The van der Waals surface area contributed by atoms with E-state index in [0.29, 0.717) is 0 Å². The zero-order valence-electron chi connectivity index (χ0n) is 7.92. The maximum absolute atomic E-state index is 2.25. The van der Waals surface area contributed by atoms with E-state index in [1.165, 1.54) is 16.0 Å². The van der Waals surface area contributed by atoms with Crippen LogP contribution in [-0.2, 0) is 0 Å². The predicted molar refractivity (Wildman–Crippen MR) is 56.4 cm³/mol. The van der Waals surface area contributed by atoms with E-state index in [9.17, 15) is 0 Å². The summed E-state index contributed by atoms with van der Waals surface area (Å²) in [6.45, 7) is 6.50. The first kappa shape index (κ1) is 9.66. The second-order valence-corrected chi connectivity index (χ2v) is 3.89. The highest BCUT2D eigenvalue weighted by Crippen LogP contribution is 2.28. The van der Waals surface area contributed by atoms with E-state index in [-0.39, 0.29) is 0 Å². The lowest BCUT2D eigenvalue weighted by atomic mass is 10.2. The summed E-state index contributed by atoms with van der Waals surface area (Å²) >= 11 is 1.85. The Morgan fingerprint density at radius 2 is 1.83 bits per heavy atom. The summed E-state index contributed by atoms with van der Waals surface area (Å²) in [7, 11) is 0. The Morgan fingerprint density at radius 1 is 1.25 bits per heavy atom. The van der Waals surface area contributed by atoms with Crippen LogP contribution < -0.4 is 0 Å². The molecule has 0 aliphatic rings. The standard InChI is InChI=1S/C11H15S/c1-4-8-12-11-9(2)6-5-7-10(11)3/h5-8H,4H2,1-3H3. The quantitative estimate of drug-likeness (QED) is 0.633. The molecular weight excluding hydrogens is 164 g/mol. The molecule has 0 aliphatic heterocycles. The van der Waals surface area contributed by atoms with Crippen molar-refractivity contribution >= 4 is 11.8 Å². The van der Waals surface area contributed by atoms with Gasteiger partial charge in [0.25, 0.3) is 0 Å². The molecule has 1 rings (SSSR count). The van der Waals surface area contributed by atoms with E-state index < -0.39 is 0 Å². The molecule has 0 N–H and O–H groups in total. The molecule has 0 fully saturated rings. The van der Waals surface area contributed by atoms with E-state index in [1.807, 2.05) is 11.8 Å². The van der Waals surface area contributed by atoms with E-state index in [1.54, 1.807) is 0 Å². The minimum absolute atomic E-state index is 1.12. The van der Waals surface area contributed by atoms with Crippen molar-refractivity contribution in [3.8, 4) is 0 Å². The lowest BCUT2D eigenvalue weighted by Crippen LogP contribution is -1.83. The topological polar surface area (TPSA) is 0 Å². The molecule has 65 valence electrons. The molecule has 0 saturated carbocycles. The van der Waals surface area contributed by atoms with Gasteiger partial charge in [-0.25, -0.2) is 0 Å². The fraction of sp³-hybridized carbons (Fsp3) is 0.364. The highest BCUT2D eigenvalue weighted by atomic mass is 32.2. The Kier molecular flexibility index (Phi) is 3.67. The average molecular weight is 179 g/mol. The van der Waals surface area contributed by atoms with Crippen LogP contribution in [0.2, 0.25) is 0 Å². The third-order valence-corrected chi connectivity index (χ3v) is 3.16. The molecule has 0 bridgehead atoms. The maximum Gasteiger partial charge on any atom is 0.0214 e. The number of benzene rings is 1. The molecule has 0 heterocycles. The Bertz CT molecular complexity index is 233. The Labute approximate surface area is 79.4 Å². The van der Waals surface area contributed by atoms with Crippen LogP contribution in [0.25, 0.3) is 0 Å². The zero-order valence-corrected chi connectivity index (χ0v) is 8.74. The first-order valence-corrected chi connectivity index (χ1v) is 5.18. The van der Waals surface area contributed by atoms with Crippen LogP contribution in [0.5, 0.6) is 0 Å². The van der Waals surface area contributed by atoms with Crippen molar-refractivity contribution in [1.29, 1.82) is 0 Å². The van der Waals surface area contributed by atoms with Gasteiger partial charge in [0.05, 0.1) is 0 Å². The van der Waals surface area contributed by atoms with E-state index in [0.717, 1.165) is 6.42 Å². The summed E-state index contributed by atoms with van der Waals surface area (Å²) < 4.78 is 0. The number of rotatable bonds is 3. The first-order chi connectivity index (χ1) is 5.75. The molecule has 0 spiro atoms. The van der Waals surface area contributed by atoms with Gasteiger partial charge >= 0.3 is 0 Å². The molecule has 0 saturated heterocycles. The third kappa shape index (κ3) is 2.28. The molecular formula is C11H15S. The van der Waals surface area contributed by atoms with Crippen molar-refractivity contribution < 1.29 is 0 Å². The Hall–Kier alpha value is -0.430. The molecule has 1 radical (unpaired) electrons. The molecule has 1 aromatic rings. The molecule has 0 atom stereocenters. The van der Waals surface area contributed by atoms with Crippen LogP contribution in [-0.4, -0.2) is 0 Å². The molecule has 12 heavy (non-hydrogen) atoms. The van der Waals surface area contributed by atoms with Gasteiger partial charge in [0.2, 0.25) is 0 Å². The van der Waals surface area contributed by atoms with Gasteiger partial charge in [-0.1, -0.05) is 25.1 Å². The minimum atomic E-state index is 1.12. The first-order valence-electron chi connectivity index (χ1n) is 4.30. The Morgan fingerprint density at radius 3 is 2.33 bits per heavy atom. The molecule has 0 aliphatic carbocycles. The van der Waals surface area contributed by atoms with Gasteiger partial charge in [-0.05, 0) is 31.4 Å². The van der Waals surface area contributed by atoms with Gasteiger partial charge in [-0.15, -0.1) is 11.8 Å². The smallest absolute Gasteiger partial charge is 0.0214 e. The summed E-state index contributed by atoms with van der Waals surface area (Å²) in [6.07, 6.45) is 1.12. The summed E-state index contributed by atoms with van der Waals surface area (Å²) in [5, 5.41) is 0. The lowest BCUT2D eigenvalue weighted by Gasteiger charge is -2.07. The monoisotopic (exact) mass is 179 g/mol. The number of aryl methyl sites for hydroxylation is 2. The van der Waals surface area contributed by atoms with Gasteiger partial charge in [0, 0.05) is 10.6 Å². The fourth-order valence-electron chi connectivity index (χ4n) is 1.15. The van der Waals surface area contributed by atoms with Crippen LogP contribution in [0.3, 0.4) is 0 Å². The van der Waals surface area contributed by atoms with Crippen LogP contribution in [0.15, 0.2) is 23.1 Å². The number of thioether (sulfide) groups is 1. The van der Waals surface area contributed by atoms with Crippen molar-refractivity contribution in [1.82, 2.24) is 0 Å². The maximum atomic E-state index is 2.25. The second-order valence-electron chi connectivity index (χ2n) is 2.91. The van der Waals surface area contributed by atoms with Crippen LogP contribution in [0.1, 0.15) is 24.5 Å². The van der Waals surface area contributed by atoms with Crippen molar-refractivity contribution in [3.63, 3.8) is 0 Å². The molecule has 1 heteroatoms. The van der Waals surface area contributed by atoms with Crippen molar-refractivity contribution in [2.75, 3.05) is 0 Å². The average Bonchev–Trinajstić information content (AvgIpc) is 2.04. The minimum Gasteiger partial charge on any atom is -0.121 e. The largest absolute Gasteiger partial charge is 0.121 e. The number of hydrogen-bond donors (Lipinski definition) is 0. The van der Waals surface area contributed by atoms with Crippen molar-refractivity contribution in [3.05, 3.63) is 35.1 Å². The molecule has 0 unspecified atom stereocenters. The summed E-state index contributed by atoms with van der Waals surface area (Å²) in [4.78, 5) is 1.42. The van der Waals surface area contributed by atoms with Crippen molar-refractivity contribution in [2.45, 2.75) is 32.1 Å². The lowest BCUT2D eigenvalue weighted by molar-refractivity contribution is 1.18. The van der Waals surface area contributed by atoms with Gasteiger partial charge in [0.1, 0.15) is 0 Å². The highest BCUT2D eigenvalue weighted by Gasteiger charge is 2.00. The van der Waals surface area contributed by atoms with Crippen LogP contribution in [0, 0.1) is 19.6 Å². The van der Waals surface area contributed by atoms with Gasteiger partial charge < -0.3 is 0 Å². The molecule has 1 aromatic carbocycles. The number of hydrogen-bond acceptors (Lipinski definition) is 1. The van der Waals surface area contributed by atoms with Gasteiger partial charge in [-0.3, -0.25) is 0 Å². The normalized spacial score (nSPS) is 10.2. The fourth-order valence-corrected chi connectivity index (χ4v) is 1.99. The Balaban J connectivity index is 2.81. The SMILES string of the molecule is CC[CH]Sc1c(C)cccc1C. The predicted octanol–water partition coefficient (Wildman–Crippen LogP) is 3.97. The second kappa shape index (κ2) is 4.56. The summed E-state index contributed by atoms with van der Waals surface area (Å²) in [5.41, 5.74) is 2.76. The van der Waals surface area contributed by atoms with E-state index in [2.05, 4.69) is 44.7 Å². The van der Waals surface area contributed by atoms with Gasteiger partial charge in [0.15, 0.2) is 0 Å². The van der Waals surface area contributed by atoms with E-state index in [4.69, 9.17) is 0 Å². The zero-order chi connectivity index (χ0) is 8.97. The van der Waals surface area contributed by atoms with Crippen LogP contribution in [0.4, 0.5) is 0 Å². The summed E-state index contributed by atoms with van der Waals surface area (Å²) in [5.74, 6) is 2.25. The molecule has 0 aromatic heterocycles. The third-order valence-electron chi connectivity index (χ3n) is 1.78. The highest BCUT2D eigenvalue weighted by molar-refractivity contribution is 8.01. The van der Waals surface area contributed by atoms with Crippen molar-refractivity contribution in [2.24, 2.45) is 0 Å². The summed E-state index contributed by atoms with van der Waals surface area (Å²) in [6, 6.07) is 6.44. The van der Waals surface area contributed by atoms with Crippen LogP contribution >= 0.6 is 11.8 Å². The molecule has 0 nitrogen and oxygen atoms in total. The van der Waals surface area contributed by atoms with Gasteiger partial charge in [-0.2, -0.15) is 0 Å². The van der Waals surface area contributed by atoms with E-state index >= 15 is 0 Å².